The summed E-state index contributed by atoms with van der Waals surface area (Å²) in [4.78, 5) is 21.5. The van der Waals surface area contributed by atoms with E-state index in [1.165, 1.54) is 0 Å². The summed E-state index contributed by atoms with van der Waals surface area (Å²) >= 11 is 3.31. The number of carbonyl (C=O) groups excluding carboxylic acids is 2. The number of nitrogens with one attached hydrogen (secondary N) is 1. The van der Waals surface area contributed by atoms with Crippen LogP contribution >= 0.6 is 15.9 Å². The van der Waals surface area contributed by atoms with E-state index in [-0.39, 0.29) is 18.7 Å². The van der Waals surface area contributed by atoms with Crippen molar-refractivity contribution < 1.29 is 14.7 Å². The summed E-state index contributed by atoms with van der Waals surface area (Å²) in [6.07, 6.45) is -0.334. The molecule has 4 nitrogen and oxygen atoms in total. The number of aliphatic carboxylic acids is 1. The Labute approximate surface area is 102 Å². The van der Waals surface area contributed by atoms with Crippen molar-refractivity contribution in [3.63, 3.8) is 0 Å². The van der Waals surface area contributed by atoms with Gasteiger partial charge in [0.2, 0.25) is 5.91 Å². The Morgan fingerprint density at radius 1 is 1.38 bits per heavy atom. The van der Waals surface area contributed by atoms with E-state index in [0.29, 0.717) is 5.69 Å². The van der Waals surface area contributed by atoms with E-state index in [2.05, 4.69) is 21.2 Å². The highest BCUT2D eigenvalue weighted by Crippen LogP contribution is 2.20. The third-order valence-corrected chi connectivity index (χ3v) is 2.51. The van der Waals surface area contributed by atoms with Gasteiger partial charge < -0.3 is 15.2 Å². The molecule has 0 saturated heterocycles. The molecule has 0 radical (unpaired) electrons. The second kappa shape index (κ2) is 5.65. The third-order valence-electron chi connectivity index (χ3n) is 2.02. The first-order valence-corrected chi connectivity index (χ1v) is 5.54. The highest BCUT2D eigenvalue weighted by molar-refractivity contribution is 9.10. The van der Waals surface area contributed by atoms with Crippen LogP contribution in [0.5, 0.6) is 0 Å². The molecule has 0 unspecified atom stereocenters. The lowest BCUT2D eigenvalue weighted by atomic mass is 10.2. The zero-order valence-electron chi connectivity index (χ0n) is 8.75. The van der Waals surface area contributed by atoms with Gasteiger partial charge in [-0.15, -0.1) is 0 Å². The minimum Gasteiger partial charge on any atom is -0.550 e. The monoisotopic (exact) mass is 284 g/mol. The molecular weight excluding hydrogens is 274 g/mol. The molecule has 0 aromatic heterocycles. The number of anilines is 1. The number of halogens is 1. The number of hydrogen-bond donors (Lipinski definition) is 1. The fourth-order valence-corrected chi connectivity index (χ4v) is 1.67. The van der Waals surface area contributed by atoms with Crippen LogP contribution in [0.4, 0.5) is 5.69 Å². The van der Waals surface area contributed by atoms with Gasteiger partial charge >= 0.3 is 0 Å². The molecular formula is C11H11BrNO3-. The van der Waals surface area contributed by atoms with Crippen molar-refractivity contribution in [1.82, 2.24) is 0 Å². The van der Waals surface area contributed by atoms with Crippen LogP contribution < -0.4 is 10.4 Å². The SMILES string of the molecule is Cc1cc(Br)ccc1NC(=O)CCC(=O)[O-]. The molecule has 1 aromatic carbocycles. The quantitative estimate of drug-likeness (QED) is 0.904. The van der Waals surface area contributed by atoms with Gasteiger partial charge in [-0.05, 0) is 37.1 Å². The Kier molecular flexibility index (Phi) is 4.49. The summed E-state index contributed by atoms with van der Waals surface area (Å²) in [5.74, 6) is -1.54. The summed E-state index contributed by atoms with van der Waals surface area (Å²) in [6.45, 7) is 1.86. The van der Waals surface area contributed by atoms with E-state index < -0.39 is 5.97 Å². The number of carboxylic acid groups (broad SMARTS) is 1. The third kappa shape index (κ3) is 4.02. The number of amides is 1. The average Bonchev–Trinajstić information content (AvgIpc) is 2.19. The number of hydrogen-bond acceptors (Lipinski definition) is 3. The Morgan fingerprint density at radius 2 is 2.06 bits per heavy atom. The largest absolute Gasteiger partial charge is 0.550 e. The molecule has 16 heavy (non-hydrogen) atoms. The first-order valence-electron chi connectivity index (χ1n) is 4.75. The number of aryl methyl sites for hydroxylation is 1. The normalized spacial score (nSPS) is 9.88. The van der Waals surface area contributed by atoms with Gasteiger partial charge in [0.05, 0.1) is 0 Å². The number of carbonyl (C=O) groups is 2. The zero-order valence-corrected chi connectivity index (χ0v) is 10.3. The Hall–Kier alpha value is -1.36. The molecule has 1 N–H and O–H groups in total. The molecule has 0 fully saturated rings. The number of carboxylic acids is 1. The van der Waals surface area contributed by atoms with Gasteiger partial charge in [-0.2, -0.15) is 0 Å². The predicted molar refractivity (Wildman–Crippen MR) is 61.7 cm³/mol. The maximum absolute atomic E-state index is 11.3. The fourth-order valence-electron chi connectivity index (χ4n) is 1.20. The van der Waals surface area contributed by atoms with E-state index in [9.17, 15) is 14.7 Å². The molecule has 1 rings (SSSR count). The van der Waals surface area contributed by atoms with E-state index in [1.807, 2.05) is 13.0 Å². The van der Waals surface area contributed by atoms with Gasteiger partial charge in [0.15, 0.2) is 0 Å². The highest BCUT2D eigenvalue weighted by Gasteiger charge is 2.04. The maximum Gasteiger partial charge on any atom is 0.224 e. The van der Waals surface area contributed by atoms with E-state index in [1.54, 1.807) is 12.1 Å². The van der Waals surface area contributed by atoms with Crippen LogP contribution in [0.2, 0.25) is 0 Å². The molecule has 1 aromatic rings. The van der Waals surface area contributed by atoms with Crippen molar-refractivity contribution in [2.45, 2.75) is 19.8 Å². The van der Waals surface area contributed by atoms with E-state index >= 15 is 0 Å². The summed E-state index contributed by atoms with van der Waals surface area (Å²) in [6, 6.07) is 5.44. The molecule has 0 aliphatic heterocycles. The van der Waals surface area contributed by atoms with Crippen molar-refractivity contribution in [2.24, 2.45) is 0 Å². The van der Waals surface area contributed by atoms with Crippen molar-refractivity contribution in [3.8, 4) is 0 Å². The van der Waals surface area contributed by atoms with Gasteiger partial charge in [-0.3, -0.25) is 4.79 Å². The van der Waals surface area contributed by atoms with Crippen LogP contribution in [0.3, 0.4) is 0 Å². The molecule has 0 saturated carbocycles. The lowest BCUT2D eigenvalue weighted by Crippen LogP contribution is -2.24. The molecule has 0 aliphatic rings. The summed E-state index contributed by atoms with van der Waals surface area (Å²) in [5.41, 5.74) is 1.60. The lowest BCUT2D eigenvalue weighted by Gasteiger charge is -2.08. The van der Waals surface area contributed by atoms with Crippen LogP contribution in [0.15, 0.2) is 22.7 Å². The topological polar surface area (TPSA) is 69.2 Å². The molecule has 0 bridgehead atoms. The second-order valence-electron chi connectivity index (χ2n) is 3.38. The van der Waals surface area contributed by atoms with Crippen molar-refractivity contribution >= 4 is 33.5 Å². The number of benzene rings is 1. The van der Waals surface area contributed by atoms with Crippen LogP contribution in [0.1, 0.15) is 18.4 Å². The molecule has 0 atom stereocenters. The Morgan fingerprint density at radius 3 is 2.62 bits per heavy atom. The summed E-state index contributed by atoms with van der Waals surface area (Å²) in [5, 5.41) is 12.8. The van der Waals surface area contributed by atoms with Gasteiger partial charge in [0.25, 0.3) is 0 Å². The Bertz CT molecular complexity index is 418. The van der Waals surface area contributed by atoms with Gasteiger partial charge in [-0.25, -0.2) is 0 Å². The second-order valence-corrected chi connectivity index (χ2v) is 4.30. The lowest BCUT2D eigenvalue weighted by molar-refractivity contribution is -0.305. The summed E-state index contributed by atoms with van der Waals surface area (Å²) < 4.78 is 0.928. The van der Waals surface area contributed by atoms with Crippen LogP contribution in [-0.4, -0.2) is 11.9 Å². The fraction of sp³-hybridized carbons (Fsp3) is 0.273. The summed E-state index contributed by atoms with van der Waals surface area (Å²) in [7, 11) is 0. The van der Waals surface area contributed by atoms with E-state index in [4.69, 9.17) is 0 Å². The van der Waals surface area contributed by atoms with Gasteiger partial charge in [0, 0.05) is 22.6 Å². The molecule has 0 spiro atoms. The smallest absolute Gasteiger partial charge is 0.224 e. The van der Waals surface area contributed by atoms with Crippen molar-refractivity contribution in [2.75, 3.05) is 5.32 Å². The maximum atomic E-state index is 11.3. The highest BCUT2D eigenvalue weighted by atomic mass is 79.9. The van der Waals surface area contributed by atoms with Crippen molar-refractivity contribution in [3.05, 3.63) is 28.2 Å². The van der Waals surface area contributed by atoms with Crippen LogP contribution in [0.25, 0.3) is 0 Å². The standard InChI is InChI=1S/C11H12BrNO3/c1-7-6-8(12)2-3-9(7)13-10(14)4-5-11(15)16/h2-3,6H,4-5H2,1H3,(H,13,14)(H,15,16)/p-1. The molecule has 0 aliphatic carbocycles. The van der Waals surface area contributed by atoms with Gasteiger partial charge in [-0.1, -0.05) is 15.9 Å². The van der Waals surface area contributed by atoms with Crippen molar-refractivity contribution in [1.29, 1.82) is 0 Å². The minimum absolute atomic E-state index is 0.0716. The zero-order chi connectivity index (χ0) is 12.1. The molecule has 1 amide bonds. The Balaban J connectivity index is 2.59. The first kappa shape index (κ1) is 12.7. The predicted octanol–water partition coefficient (Wildman–Crippen LogP) is 1.23. The van der Waals surface area contributed by atoms with Crippen LogP contribution in [-0.2, 0) is 9.59 Å². The first-order chi connectivity index (χ1) is 7.49. The number of rotatable bonds is 4. The van der Waals surface area contributed by atoms with E-state index in [0.717, 1.165) is 10.0 Å². The minimum atomic E-state index is -1.22. The van der Waals surface area contributed by atoms with Gasteiger partial charge in [0.1, 0.15) is 0 Å². The molecule has 0 heterocycles. The molecule has 5 heteroatoms. The van der Waals surface area contributed by atoms with Crippen LogP contribution in [0, 0.1) is 6.92 Å². The molecule has 86 valence electrons. The average molecular weight is 285 g/mol.